The molecule has 1 aromatic rings. The normalized spacial score (nSPS) is 25.6. The first kappa shape index (κ1) is 14.0. The van der Waals surface area contributed by atoms with E-state index in [1.807, 2.05) is 11.7 Å². The van der Waals surface area contributed by atoms with Crippen LogP contribution >= 0.6 is 15.9 Å². The number of hydrogen-bond donors (Lipinski definition) is 1. The van der Waals surface area contributed by atoms with Gasteiger partial charge in [0.15, 0.2) is 0 Å². The number of aliphatic hydroxyl groups excluding tert-OH is 1. The van der Waals surface area contributed by atoms with Crippen LogP contribution in [0.1, 0.15) is 31.7 Å². The van der Waals surface area contributed by atoms with E-state index in [-0.39, 0.29) is 6.10 Å². The predicted octanol–water partition coefficient (Wildman–Crippen LogP) is 2.07. The van der Waals surface area contributed by atoms with E-state index in [9.17, 15) is 5.11 Å². The number of aryl methyl sites for hydroxylation is 2. The van der Waals surface area contributed by atoms with Gasteiger partial charge in [-0.25, -0.2) is 0 Å². The molecule has 2 rings (SSSR count). The van der Waals surface area contributed by atoms with Gasteiger partial charge in [-0.3, -0.25) is 4.68 Å². The average molecular weight is 317 g/mol. The highest BCUT2D eigenvalue weighted by Gasteiger charge is 2.32. The predicted molar refractivity (Wildman–Crippen MR) is 73.5 cm³/mol. The average Bonchev–Trinajstić information content (AvgIpc) is 2.87. The van der Waals surface area contributed by atoms with Crippen molar-refractivity contribution in [2.45, 2.75) is 45.3 Å². The Bertz CT molecular complexity index is 419. The molecule has 0 spiro atoms. The number of ether oxygens (including phenoxy) is 1. The largest absolute Gasteiger partial charge is 0.390 e. The Balaban J connectivity index is 2.11. The van der Waals surface area contributed by atoms with Gasteiger partial charge in [-0.1, -0.05) is 13.8 Å². The van der Waals surface area contributed by atoms with Gasteiger partial charge in [-0.05, 0) is 34.7 Å². The summed E-state index contributed by atoms with van der Waals surface area (Å²) in [7, 11) is 1.92. The Labute approximate surface area is 116 Å². The minimum Gasteiger partial charge on any atom is -0.390 e. The summed E-state index contributed by atoms with van der Waals surface area (Å²) in [5.41, 5.74) is 2.09. The van der Waals surface area contributed by atoms with Crippen LogP contribution in [0.15, 0.2) is 4.47 Å². The molecule has 1 aromatic heterocycles. The Morgan fingerprint density at radius 3 is 2.83 bits per heavy atom. The molecule has 1 aliphatic rings. The first-order valence-electron chi connectivity index (χ1n) is 6.54. The third kappa shape index (κ3) is 2.63. The van der Waals surface area contributed by atoms with Gasteiger partial charge >= 0.3 is 0 Å². The molecule has 0 aromatic carbocycles. The van der Waals surface area contributed by atoms with Gasteiger partial charge in [0.2, 0.25) is 0 Å². The standard InChI is InChI=1S/C13H21BrN2O2/c1-4-9-12(14)10(16(3)15-9)7-11(17)13-8(2)5-6-18-13/h8,11,13,17H,4-7H2,1-3H3. The molecule has 102 valence electrons. The van der Waals surface area contributed by atoms with Gasteiger partial charge in [-0.2, -0.15) is 5.10 Å². The lowest BCUT2D eigenvalue weighted by atomic mass is 9.96. The Hall–Kier alpha value is -0.390. The molecule has 18 heavy (non-hydrogen) atoms. The number of rotatable bonds is 4. The molecule has 1 fully saturated rings. The molecule has 5 heteroatoms. The van der Waals surface area contributed by atoms with Crippen molar-refractivity contribution < 1.29 is 9.84 Å². The fraction of sp³-hybridized carbons (Fsp3) is 0.769. The van der Waals surface area contributed by atoms with Crippen LogP contribution in [-0.2, 0) is 24.6 Å². The molecule has 3 atom stereocenters. The first-order valence-corrected chi connectivity index (χ1v) is 7.33. The molecule has 0 radical (unpaired) electrons. The first-order chi connectivity index (χ1) is 8.54. The monoisotopic (exact) mass is 316 g/mol. The van der Waals surface area contributed by atoms with Crippen molar-refractivity contribution >= 4 is 15.9 Å². The topological polar surface area (TPSA) is 47.3 Å². The molecule has 4 nitrogen and oxygen atoms in total. The highest BCUT2D eigenvalue weighted by molar-refractivity contribution is 9.10. The summed E-state index contributed by atoms with van der Waals surface area (Å²) in [5.74, 6) is 0.428. The van der Waals surface area contributed by atoms with E-state index < -0.39 is 6.10 Å². The summed E-state index contributed by atoms with van der Waals surface area (Å²) in [5, 5.41) is 14.8. The number of halogens is 1. The van der Waals surface area contributed by atoms with Crippen LogP contribution in [0.3, 0.4) is 0 Å². The van der Waals surface area contributed by atoms with Crippen LogP contribution in [0.5, 0.6) is 0 Å². The fourth-order valence-corrected chi connectivity index (χ4v) is 3.34. The maximum absolute atomic E-state index is 10.3. The minimum atomic E-state index is -0.459. The van der Waals surface area contributed by atoms with Crippen molar-refractivity contribution in [2.75, 3.05) is 6.61 Å². The third-order valence-corrected chi connectivity index (χ3v) is 4.64. The number of aromatic nitrogens is 2. The zero-order chi connectivity index (χ0) is 13.3. The van der Waals surface area contributed by atoms with Crippen molar-refractivity contribution in [1.82, 2.24) is 9.78 Å². The minimum absolute atomic E-state index is 0.0446. The van der Waals surface area contributed by atoms with Crippen molar-refractivity contribution in [3.05, 3.63) is 15.9 Å². The summed E-state index contributed by atoms with van der Waals surface area (Å²) in [6.07, 6.45) is 2.00. The summed E-state index contributed by atoms with van der Waals surface area (Å²) < 4.78 is 8.50. The Kier molecular flexibility index (Phi) is 4.45. The van der Waals surface area contributed by atoms with Crippen molar-refractivity contribution in [3.8, 4) is 0 Å². The maximum atomic E-state index is 10.3. The molecule has 2 heterocycles. The van der Waals surface area contributed by atoms with E-state index in [0.717, 1.165) is 35.3 Å². The summed E-state index contributed by atoms with van der Waals surface area (Å²) in [6, 6.07) is 0. The lowest BCUT2D eigenvalue weighted by Gasteiger charge is -2.21. The van der Waals surface area contributed by atoms with Gasteiger partial charge in [0.05, 0.1) is 28.1 Å². The van der Waals surface area contributed by atoms with Crippen LogP contribution in [0.25, 0.3) is 0 Å². The third-order valence-electron chi connectivity index (χ3n) is 3.73. The second-order valence-corrected chi connectivity index (χ2v) is 5.85. The van der Waals surface area contributed by atoms with Crippen LogP contribution in [0, 0.1) is 5.92 Å². The number of hydrogen-bond acceptors (Lipinski definition) is 3. The molecule has 1 aliphatic heterocycles. The van der Waals surface area contributed by atoms with Crippen molar-refractivity contribution in [1.29, 1.82) is 0 Å². The lowest BCUT2D eigenvalue weighted by Crippen LogP contribution is -2.32. The van der Waals surface area contributed by atoms with Gasteiger partial charge in [0, 0.05) is 20.1 Å². The smallest absolute Gasteiger partial charge is 0.0864 e. The Morgan fingerprint density at radius 1 is 1.61 bits per heavy atom. The molecule has 0 bridgehead atoms. The molecular formula is C13H21BrN2O2. The second kappa shape index (κ2) is 5.72. The zero-order valence-corrected chi connectivity index (χ0v) is 12.8. The van der Waals surface area contributed by atoms with Crippen molar-refractivity contribution in [3.63, 3.8) is 0 Å². The van der Waals surface area contributed by atoms with Crippen LogP contribution < -0.4 is 0 Å². The maximum Gasteiger partial charge on any atom is 0.0864 e. The molecule has 0 aliphatic carbocycles. The van der Waals surface area contributed by atoms with E-state index in [0.29, 0.717) is 12.3 Å². The van der Waals surface area contributed by atoms with Gasteiger partial charge in [0.25, 0.3) is 0 Å². The molecule has 0 saturated carbocycles. The fourth-order valence-electron chi connectivity index (χ4n) is 2.56. The van der Waals surface area contributed by atoms with Crippen LogP contribution in [0.4, 0.5) is 0 Å². The van der Waals surface area contributed by atoms with Gasteiger partial charge in [-0.15, -0.1) is 0 Å². The van der Waals surface area contributed by atoms with Gasteiger partial charge in [0.1, 0.15) is 0 Å². The van der Waals surface area contributed by atoms with E-state index in [1.165, 1.54) is 0 Å². The van der Waals surface area contributed by atoms with E-state index >= 15 is 0 Å². The van der Waals surface area contributed by atoms with Crippen LogP contribution in [0.2, 0.25) is 0 Å². The highest BCUT2D eigenvalue weighted by atomic mass is 79.9. The lowest BCUT2D eigenvalue weighted by molar-refractivity contribution is -0.0165. The summed E-state index contributed by atoms with van der Waals surface area (Å²) in [6.45, 7) is 4.97. The van der Waals surface area contributed by atoms with E-state index in [1.54, 1.807) is 0 Å². The quantitative estimate of drug-likeness (QED) is 0.925. The number of nitrogens with zero attached hydrogens (tertiary/aromatic N) is 2. The van der Waals surface area contributed by atoms with Gasteiger partial charge < -0.3 is 9.84 Å². The Morgan fingerprint density at radius 2 is 2.33 bits per heavy atom. The SMILES string of the molecule is CCc1nn(C)c(CC(O)C2OCCC2C)c1Br. The van der Waals surface area contributed by atoms with Crippen molar-refractivity contribution in [2.24, 2.45) is 13.0 Å². The molecule has 1 saturated heterocycles. The molecule has 3 unspecified atom stereocenters. The molecule has 0 amide bonds. The number of aliphatic hydroxyl groups is 1. The molecule has 1 N–H and O–H groups in total. The summed E-state index contributed by atoms with van der Waals surface area (Å²) >= 11 is 3.58. The second-order valence-electron chi connectivity index (χ2n) is 5.06. The zero-order valence-electron chi connectivity index (χ0n) is 11.2. The van der Waals surface area contributed by atoms with E-state index in [2.05, 4.69) is 34.9 Å². The van der Waals surface area contributed by atoms with Crippen LogP contribution in [-0.4, -0.2) is 33.7 Å². The van der Waals surface area contributed by atoms with E-state index in [4.69, 9.17) is 4.74 Å². The molecular weight excluding hydrogens is 296 g/mol. The highest BCUT2D eigenvalue weighted by Crippen LogP contribution is 2.28. The summed E-state index contributed by atoms with van der Waals surface area (Å²) in [4.78, 5) is 0.